The molecule has 8 rings (SSSR count). The van der Waals surface area contributed by atoms with Gasteiger partial charge >= 0.3 is 17.9 Å². The average Bonchev–Trinajstić information content (AvgIpc) is 3.24. The van der Waals surface area contributed by atoms with Gasteiger partial charge in [0.25, 0.3) is 0 Å². The van der Waals surface area contributed by atoms with Crippen LogP contribution in [0, 0.1) is 0 Å². The van der Waals surface area contributed by atoms with Crippen LogP contribution >= 0.6 is 0 Å². The molecule has 0 radical (unpaired) electrons. The molecule has 0 aliphatic carbocycles. The van der Waals surface area contributed by atoms with Crippen LogP contribution in [-0.2, 0) is 40.1 Å². The van der Waals surface area contributed by atoms with Crippen molar-refractivity contribution in [2.75, 3.05) is 61.6 Å². The minimum Gasteiger partial charge on any atom is -0.493 e. The molecule has 4 unspecified atom stereocenters. The van der Waals surface area contributed by atoms with E-state index in [0.29, 0.717) is 94.3 Å². The van der Waals surface area contributed by atoms with Gasteiger partial charge in [0.2, 0.25) is 5.75 Å². The fourth-order valence-electron chi connectivity index (χ4n) is 9.83. The number of aliphatic carboxylic acids is 2. The number of carboxylic acid groups (broad SMARTS) is 2. The lowest BCUT2D eigenvalue weighted by Crippen LogP contribution is -2.52. The Hall–Kier alpha value is -5.79. The number of ether oxygens (including phenoxy) is 6. The number of quaternary nitrogens is 2. The summed E-state index contributed by atoms with van der Waals surface area (Å²) in [6.45, 7) is 4.47. The van der Waals surface area contributed by atoms with Crippen LogP contribution in [0.4, 0.5) is 0 Å². The van der Waals surface area contributed by atoms with Gasteiger partial charge in [0.1, 0.15) is 17.8 Å². The number of carboxylic acids is 2. The van der Waals surface area contributed by atoms with E-state index in [2.05, 4.69) is 38.4 Å². The number of nitrogens with zero attached hydrogens (tertiary/aromatic N) is 2. The number of esters is 1. The lowest BCUT2D eigenvalue weighted by atomic mass is 9.84. The third kappa shape index (κ3) is 9.48. The van der Waals surface area contributed by atoms with Crippen molar-refractivity contribution in [3.05, 3.63) is 94.0 Å². The lowest BCUT2D eigenvalue weighted by molar-refractivity contribution is -0.941. The number of fused-ring (bicyclic) bond motifs is 2. The van der Waals surface area contributed by atoms with E-state index < -0.39 is 17.9 Å². The van der Waals surface area contributed by atoms with E-state index in [0.717, 1.165) is 65.9 Å². The third-order valence-corrected chi connectivity index (χ3v) is 13.3. The Bertz CT molecular complexity index is 2310. The molecule has 0 saturated heterocycles. The highest BCUT2D eigenvalue weighted by Crippen LogP contribution is 2.54. The van der Waals surface area contributed by atoms with Gasteiger partial charge in [-0.1, -0.05) is 18.2 Å². The third-order valence-electron chi connectivity index (χ3n) is 13.3. The zero-order valence-corrected chi connectivity index (χ0v) is 36.8. The van der Waals surface area contributed by atoms with E-state index in [1.54, 1.807) is 21.3 Å². The molecule has 0 amide bonds. The molecule has 0 spiro atoms. The highest BCUT2D eigenvalue weighted by molar-refractivity contribution is 5.74. The van der Waals surface area contributed by atoms with E-state index in [-0.39, 0.29) is 30.7 Å². The SMILES string of the molecule is COc1ccc2cc1Oc1ccc(cc1)CC1c3cc(c(OC)cc3CC[N+]1(C)CCCCC(=O)O)Oc1c(OC(C)=O)c(OC)cc3c1C(C2)[N+](C)(CCCCC(=O)O)CC3. The summed E-state index contributed by atoms with van der Waals surface area (Å²) in [6.07, 6.45) is 5.48. The van der Waals surface area contributed by atoms with Crippen molar-refractivity contribution in [3.63, 3.8) is 0 Å². The molecule has 4 aliphatic rings. The summed E-state index contributed by atoms with van der Waals surface area (Å²) in [7, 11) is 9.27. The highest BCUT2D eigenvalue weighted by Gasteiger charge is 2.44. The van der Waals surface area contributed by atoms with Crippen molar-refractivity contribution in [3.8, 4) is 46.0 Å². The molecule has 4 aromatic rings. The molecule has 4 aromatic carbocycles. The Kier molecular flexibility index (Phi) is 13.3. The topological polar surface area (TPSA) is 147 Å². The number of hydrogen-bond donors (Lipinski definition) is 2. The summed E-state index contributed by atoms with van der Waals surface area (Å²) >= 11 is 0. The molecule has 330 valence electrons. The Labute approximate surface area is 363 Å². The molecular formula is C49H60N2O11+2. The first kappa shape index (κ1) is 44.3. The van der Waals surface area contributed by atoms with Gasteiger partial charge in [-0.05, 0) is 90.4 Å². The molecule has 6 bridgehead atoms. The quantitative estimate of drug-likeness (QED) is 0.0544. The fraction of sp³-hybridized carbons (Fsp3) is 0.449. The van der Waals surface area contributed by atoms with Crippen LogP contribution in [0.1, 0.15) is 90.9 Å². The van der Waals surface area contributed by atoms with Gasteiger partial charge in [-0.2, -0.15) is 0 Å². The number of likely N-dealkylation sites (N-methyl/N-ethyl adjacent to an activating group) is 2. The average molecular weight is 853 g/mol. The Morgan fingerprint density at radius 2 is 1.23 bits per heavy atom. The summed E-state index contributed by atoms with van der Waals surface area (Å²) in [5, 5.41) is 18.9. The smallest absolute Gasteiger partial charge is 0.308 e. The zero-order chi connectivity index (χ0) is 44.2. The van der Waals surface area contributed by atoms with Gasteiger partial charge in [0.15, 0.2) is 34.5 Å². The predicted molar refractivity (Wildman–Crippen MR) is 232 cm³/mol. The standard InChI is InChI=1S/C49H58N2O11/c1-31(52)60-48-44(59-6)29-35-20-24-51(3,22-10-8-12-46(55)56)39-26-33-15-18-40(57-4)42(27-33)61-36-16-13-32(14-17-36)25-38-37-30-43(62-49(48)47(35)39)41(58-5)28-34(37)19-23-50(38,2)21-9-7-11-45(53)54/h13-18,27-30,38-39H,7-12,19-26H2,1-6H3/p+2. The van der Waals surface area contributed by atoms with Crippen LogP contribution in [-0.4, -0.2) is 98.7 Å². The maximum Gasteiger partial charge on any atom is 0.308 e. The predicted octanol–water partition coefficient (Wildman–Crippen LogP) is 8.62. The van der Waals surface area contributed by atoms with Crippen LogP contribution in [0.25, 0.3) is 0 Å². The Morgan fingerprint density at radius 1 is 0.661 bits per heavy atom. The van der Waals surface area contributed by atoms with E-state index in [1.165, 1.54) is 6.92 Å². The summed E-state index contributed by atoms with van der Waals surface area (Å²) < 4.78 is 39.0. The normalized spacial score (nSPS) is 21.3. The first-order chi connectivity index (χ1) is 29.7. The zero-order valence-electron chi connectivity index (χ0n) is 36.8. The molecule has 4 atom stereocenters. The first-order valence-electron chi connectivity index (χ1n) is 21.6. The second kappa shape index (κ2) is 18.7. The van der Waals surface area contributed by atoms with Crippen LogP contribution < -0.4 is 28.4 Å². The molecule has 0 aromatic heterocycles. The largest absolute Gasteiger partial charge is 0.493 e. The van der Waals surface area contributed by atoms with Crippen molar-refractivity contribution in [2.24, 2.45) is 0 Å². The maximum atomic E-state index is 13.0. The van der Waals surface area contributed by atoms with Crippen molar-refractivity contribution in [1.29, 1.82) is 0 Å². The van der Waals surface area contributed by atoms with E-state index in [4.69, 9.17) is 28.4 Å². The van der Waals surface area contributed by atoms with Crippen molar-refractivity contribution in [1.82, 2.24) is 0 Å². The Balaban J connectivity index is 1.47. The van der Waals surface area contributed by atoms with Gasteiger partial charge in [0, 0.05) is 51.0 Å². The van der Waals surface area contributed by atoms with Gasteiger partial charge in [-0.25, -0.2) is 0 Å². The first-order valence-corrected chi connectivity index (χ1v) is 21.6. The van der Waals surface area contributed by atoms with Crippen LogP contribution in [0.5, 0.6) is 46.0 Å². The number of hydrogen-bond acceptors (Lipinski definition) is 9. The second-order valence-corrected chi connectivity index (χ2v) is 17.4. The van der Waals surface area contributed by atoms with Crippen molar-refractivity contribution >= 4 is 17.9 Å². The lowest BCUT2D eigenvalue weighted by Gasteiger charge is -2.47. The van der Waals surface area contributed by atoms with E-state index >= 15 is 0 Å². The van der Waals surface area contributed by atoms with Crippen LogP contribution in [0.3, 0.4) is 0 Å². The molecule has 62 heavy (non-hydrogen) atoms. The van der Waals surface area contributed by atoms with E-state index in [1.807, 2.05) is 36.4 Å². The number of benzene rings is 4. The van der Waals surface area contributed by atoms with Crippen LogP contribution in [0.2, 0.25) is 0 Å². The monoisotopic (exact) mass is 852 g/mol. The van der Waals surface area contributed by atoms with Gasteiger partial charge in [0.05, 0.1) is 67.2 Å². The Morgan fingerprint density at radius 3 is 1.84 bits per heavy atom. The number of rotatable bonds is 14. The van der Waals surface area contributed by atoms with Gasteiger partial charge < -0.3 is 47.6 Å². The van der Waals surface area contributed by atoms with Crippen LogP contribution in [0.15, 0.2) is 60.7 Å². The fourth-order valence-corrected chi connectivity index (χ4v) is 9.83. The maximum absolute atomic E-state index is 13.0. The molecule has 2 N–H and O–H groups in total. The molecule has 0 fully saturated rings. The summed E-state index contributed by atoms with van der Waals surface area (Å²) in [6, 6.07) is 20.0. The molecule has 13 heteroatoms. The number of carbonyl (C=O) groups excluding carboxylic acids is 1. The summed E-state index contributed by atoms with van der Waals surface area (Å²) in [4.78, 5) is 36.0. The number of methoxy groups -OCH3 is 3. The highest BCUT2D eigenvalue weighted by atomic mass is 16.6. The number of carbonyl (C=O) groups is 3. The molecule has 13 nitrogen and oxygen atoms in total. The molecule has 0 saturated carbocycles. The molecule has 4 heterocycles. The van der Waals surface area contributed by atoms with Gasteiger partial charge in [-0.3, -0.25) is 14.4 Å². The van der Waals surface area contributed by atoms with Gasteiger partial charge in [-0.15, -0.1) is 0 Å². The molecular weight excluding hydrogens is 793 g/mol. The number of unbranched alkanes of at least 4 members (excludes halogenated alkanes) is 2. The summed E-state index contributed by atoms with van der Waals surface area (Å²) in [5.41, 5.74) is 6.23. The minimum atomic E-state index is -0.819. The molecule has 4 aliphatic heterocycles. The second-order valence-electron chi connectivity index (χ2n) is 17.4. The van der Waals surface area contributed by atoms with Crippen molar-refractivity contribution in [2.45, 2.75) is 83.2 Å². The minimum absolute atomic E-state index is 0.0232. The summed E-state index contributed by atoms with van der Waals surface area (Å²) in [5.74, 6) is 1.61. The van der Waals surface area contributed by atoms with E-state index in [9.17, 15) is 24.6 Å². The van der Waals surface area contributed by atoms with Crippen molar-refractivity contribution < 1.29 is 62.0 Å².